The summed E-state index contributed by atoms with van der Waals surface area (Å²) in [5, 5.41) is 3.89. The summed E-state index contributed by atoms with van der Waals surface area (Å²) in [5.41, 5.74) is 10.7. The monoisotopic (exact) mass is 408 g/mol. The number of benzene rings is 2. The number of hydrogen-bond donors (Lipinski definition) is 2. The summed E-state index contributed by atoms with van der Waals surface area (Å²) >= 11 is 0. The van der Waals surface area contributed by atoms with E-state index < -0.39 is 0 Å². The number of nitrogens with two attached hydrogens (primary N) is 1. The van der Waals surface area contributed by atoms with Crippen LogP contribution in [0.15, 0.2) is 54.6 Å². The van der Waals surface area contributed by atoms with Crippen molar-refractivity contribution in [1.29, 1.82) is 0 Å². The van der Waals surface area contributed by atoms with E-state index in [0.717, 1.165) is 25.7 Å². The van der Waals surface area contributed by atoms with E-state index in [1.54, 1.807) is 0 Å². The maximum absolute atomic E-state index is 6.68. The van der Waals surface area contributed by atoms with Gasteiger partial charge in [0.1, 0.15) is 0 Å². The van der Waals surface area contributed by atoms with Crippen LogP contribution in [0.25, 0.3) is 0 Å². The van der Waals surface area contributed by atoms with Crippen molar-refractivity contribution < 1.29 is 0 Å². The van der Waals surface area contributed by atoms with Crippen molar-refractivity contribution in [2.24, 2.45) is 16.6 Å². The van der Waals surface area contributed by atoms with Crippen molar-refractivity contribution in [3.63, 3.8) is 0 Å². The Morgan fingerprint density at radius 3 is 1.80 bits per heavy atom. The van der Waals surface area contributed by atoms with Gasteiger partial charge >= 0.3 is 0 Å². The molecule has 2 aromatic carbocycles. The first-order chi connectivity index (χ1) is 13.6. The van der Waals surface area contributed by atoms with E-state index in [0.29, 0.717) is 0 Å². The Bertz CT molecular complexity index is 793. The topological polar surface area (TPSA) is 38.0 Å². The van der Waals surface area contributed by atoms with Gasteiger partial charge < -0.3 is 11.1 Å². The highest BCUT2D eigenvalue weighted by Gasteiger charge is 2.31. The van der Waals surface area contributed by atoms with Crippen molar-refractivity contribution in [3.8, 4) is 0 Å². The van der Waals surface area contributed by atoms with Crippen LogP contribution in [0, 0.1) is 10.8 Å². The van der Waals surface area contributed by atoms with Crippen LogP contribution in [0.1, 0.15) is 79.4 Å². The van der Waals surface area contributed by atoms with Gasteiger partial charge in [0, 0.05) is 16.8 Å². The van der Waals surface area contributed by atoms with E-state index in [4.69, 9.17) is 5.73 Å². The number of nitrogens with one attached hydrogen (secondary N) is 1. The van der Waals surface area contributed by atoms with E-state index >= 15 is 0 Å². The fraction of sp³-hybridized carbons (Fsp3) is 0.571. The van der Waals surface area contributed by atoms with Crippen LogP contribution in [0.3, 0.4) is 0 Å². The number of anilines is 1. The van der Waals surface area contributed by atoms with Gasteiger partial charge in [0.25, 0.3) is 0 Å². The Labute approximate surface area is 185 Å². The molecule has 0 amide bonds. The molecule has 0 aliphatic rings. The van der Waals surface area contributed by atoms with Crippen LogP contribution in [0.4, 0.5) is 5.69 Å². The van der Waals surface area contributed by atoms with Gasteiger partial charge in [-0.25, -0.2) is 0 Å². The predicted molar refractivity (Wildman–Crippen MR) is 133 cm³/mol. The van der Waals surface area contributed by atoms with Crippen LogP contribution >= 0.6 is 0 Å². The summed E-state index contributed by atoms with van der Waals surface area (Å²) in [6.07, 6.45) is 3.95. The second kappa shape index (κ2) is 9.14. The standard InChI is InChI=1S/C28H44N2/c1-25(2,3)20-27(7,29)18-23-15-12-16-24(17-23)30-28(8,21-26(4,5)6)19-22-13-10-9-11-14-22/h9-17,30H,18-21,29H2,1-8H3. The zero-order valence-electron chi connectivity index (χ0n) is 20.6. The minimum absolute atomic E-state index is 0.0321. The lowest BCUT2D eigenvalue weighted by Gasteiger charge is -2.38. The van der Waals surface area contributed by atoms with Gasteiger partial charge in [0.15, 0.2) is 0 Å². The Morgan fingerprint density at radius 1 is 0.667 bits per heavy atom. The molecular weight excluding hydrogens is 364 g/mol. The highest BCUT2D eigenvalue weighted by molar-refractivity contribution is 5.48. The predicted octanol–water partition coefficient (Wildman–Crippen LogP) is 7.23. The third-order valence-electron chi connectivity index (χ3n) is 5.27. The van der Waals surface area contributed by atoms with Gasteiger partial charge in [-0.05, 0) is 73.6 Å². The first kappa shape index (κ1) is 24.5. The summed E-state index contributed by atoms with van der Waals surface area (Å²) in [5.74, 6) is 0. The van der Waals surface area contributed by atoms with Crippen LogP contribution in [-0.4, -0.2) is 11.1 Å². The molecule has 2 nitrogen and oxygen atoms in total. The summed E-state index contributed by atoms with van der Waals surface area (Å²) in [6.45, 7) is 18.3. The first-order valence-corrected chi connectivity index (χ1v) is 11.3. The summed E-state index contributed by atoms with van der Waals surface area (Å²) in [7, 11) is 0. The van der Waals surface area contributed by atoms with Crippen molar-refractivity contribution >= 4 is 5.69 Å². The molecular formula is C28H44N2. The second-order valence-corrected chi connectivity index (χ2v) is 12.4. The van der Waals surface area contributed by atoms with Gasteiger partial charge in [0.05, 0.1) is 0 Å². The minimum Gasteiger partial charge on any atom is -0.380 e. The van der Waals surface area contributed by atoms with Gasteiger partial charge in [-0.15, -0.1) is 0 Å². The van der Waals surface area contributed by atoms with E-state index in [2.05, 4.69) is 115 Å². The van der Waals surface area contributed by atoms with Crippen molar-refractivity contribution in [2.45, 2.75) is 92.2 Å². The molecule has 30 heavy (non-hydrogen) atoms. The van der Waals surface area contributed by atoms with Gasteiger partial charge in [-0.1, -0.05) is 84.0 Å². The molecule has 0 heterocycles. The normalized spacial score (nSPS) is 16.6. The fourth-order valence-corrected chi connectivity index (χ4v) is 5.22. The third-order valence-corrected chi connectivity index (χ3v) is 5.27. The largest absolute Gasteiger partial charge is 0.380 e. The van der Waals surface area contributed by atoms with Crippen molar-refractivity contribution in [3.05, 3.63) is 65.7 Å². The maximum Gasteiger partial charge on any atom is 0.0390 e. The molecule has 0 spiro atoms. The molecule has 0 bridgehead atoms. The Balaban J connectivity index is 2.22. The molecule has 166 valence electrons. The molecule has 0 aliphatic carbocycles. The molecule has 2 aromatic rings. The first-order valence-electron chi connectivity index (χ1n) is 11.3. The van der Waals surface area contributed by atoms with E-state index in [1.807, 2.05) is 0 Å². The van der Waals surface area contributed by atoms with E-state index in [-0.39, 0.29) is 21.9 Å². The Kier molecular flexibility index (Phi) is 7.45. The van der Waals surface area contributed by atoms with E-state index in [9.17, 15) is 0 Å². The van der Waals surface area contributed by atoms with Crippen LogP contribution in [-0.2, 0) is 12.8 Å². The molecule has 2 atom stereocenters. The second-order valence-electron chi connectivity index (χ2n) is 12.4. The van der Waals surface area contributed by atoms with Crippen LogP contribution < -0.4 is 11.1 Å². The average molecular weight is 409 g/mol. The molecule has 0 saturated heterocycles. The quantitative estimate of drug-likeness (QED) is 0.483. The molecule has 2 rings (SSSR count). The maximum atomic E-state index is 6.68. The summed E-state index contributed by atoms with van der Waals surface area (Å²) < 4.78 is 0. The molecule has 0 aromatic heterocycles. The molecule has 3 N–H and O–H groups in total. The third kappa shape index (κ3) is 8.92. The zero-order valence-corrected chi connectivity index (χ0v) is 20.6. The highest BCUT2D eigenvalue weighted by atomic mass is 15.0. The molecule has 2 unspecified atom stereocenters. The average Bonchev–Trinajstić information content (AvgIpc) is 2.50. The molecule has 0 aliphatic heterocycles. The molecule has 0 saturated carbocycles. The van der Waals surface area contributed by atoms with Crippen LogP contribution in [0.5, 0.6) is 0 Å². The molecule has 0 fully saturated rings. The summed E-state index contributed by atoms with van der Waals surface area (Å²) in [6, 6.07) is 19.6. The van der Waals surface area contributed by atoms with E-state index in [1.165, 1.54) is 16.8 Å². The van der Waals surface area contributed by atoms with Gasteiger partial charge in [-0.2, -0.15) is 0 Å². The fourth-order valence-electron chi connectivity index (χ4n) is 5.22. The van der Waals surface area contributed by atoms with Gasteiger partial charge in [0.2, 0.25) is 0 Å². The highest BCUT2D eigenvalue weighted by Crippen LogP contribution is 2.33. The Morgan fingerprint density at radius 2 is 1.23 bits per heavy atom. The lowest BCUT2D eigenvalue weighted by Crippen LogP contribution is -2.42. The zero-order chi connectivity index (χ0) is 22.6. The smallest absolute Gasteiger partial charge is 0.0390 e. The minimum atomic E-state index is -0.213. The van der Waals surface area contributed by atoms with Crippen LogP contribution in [0.2, 0.25) is 0 Å². The SMILES string of the molecule is CC(C)(C)CC(C)(N)Cc1cccc(NC(C)(Cc2ccccc2)CC(C)(C)C)c1. The number of hydrogen-bond acceptors (Lipinski definition) is 2. The lowest BCUT2D eigenvalue weighted by molar-refractivity contribution is 0.269. The molecule has 0 radical (unpaired) electrons. The lowest BCUT2D eigenvalue weighted by atomic mass is 9.77. The van der Waals surface area contributed by atoms with Crippen molar-refractivity contribution in [1.82, 2.24) is 0 Å². The summed E-state index contributed by atoms with van der Waals surface area (Å²) in [4.78, 5) is 0. The Hall–Kier alpha value is -1.80. The van der Waals surface area contributed by atoms with Gasteiger partial charge in [-0.3, -0.25) is 0 Å². The van der Waals surface area contributed by atoms with Crippen molar-refractivity contribution in [2.75, 3.05) is 5.32 Å². The molecule has 2 heteroatoms. The number of rotatable bonds is 8.